The lowest BCUT2D eigenvalue weighted by atomic mass is 10.1. The minimum atomic E-state index is -0.705. The average Bonchev–Trinajstić information content (AvgIpc) is 3.36. The zero-order valence-corrected chi connectivity index (χ0v) is 16.2. The van der Waals surface area contributed by atoms with Crippen molar-refractivity contribution in [3.63, 3.8) is 0 Å². The van der Waals surface area contributed by atoms with E-state index in [1.165, 1.54) is 11.3 Å². The maximum Gasteiger partial charge on any atom is 0.311 e. The van der Waals surface area contributed by atoms with Crippen LogP contribution in [0.3, 0.4) is 0 Å². The number of esters is 1. The van der Waals surface area contributed by atoms with E-state index >= 15 is 0 Å². The van der Waals surface area contributed by atoms with Gasteiger partial charge in [-0.05, 0) is 35.6 Å². The molecule has 1 aromatic heterocycles. The van der Waals surface area contributed by atoms with Gasteiger partial charge in [0.15, 0.2) is 6.61 Å². The number of hydrogen-bond donors (Lipinski definition) is 1. The highest BCUT2D eigenvalue weighted by atomic mass is 32.1. The zero-order valence-electron chi connectivity index (χ0n) is 15.3. The highest BCUT2D eigenvalue weighted by Crippen LogP contribution is 2.26. The smallest absolute Gasteiger partial charge is 0.311 e. The lowest BCUT2D eigenvalue weighted by Crippen LogP contribution is -2.34. The van der Waals surface area contributed by atoms with Gasteiger partial charge in [0.1, 0.15) is 0 Å². The van der Waals surface area contributed by atoms with Crippen molar-refractivity contribution in [2.45, 2.75) is 19.8 Å². The second-order valence-electron chi connectivity index (χ2n) is 6.39. The van der Waals surface area contributed by atoms with Crippen molar-refractivity contribution >= 4 is 40.7 Å². The van der Waals surface area contributed by atoms with Crippen LogP contribution in [0.5, 0.6) is 0 Å². The molecule has 1 saturated heterocycles. The Morgan fingerprint density at radius 1 is 1.21 bits per heavy atom. The molecule has 0 spiro atoms. The molecule has 2 heterocycles. The summed E-state index contributed by atoms with van der Waals surface area (Å²) in [6.07, 6.45) is 0.935. The fourth-order valence-corrected chi connectivity index (χ4v) is 3.53. The third kappa shape index (κ3) is 4.64. The van der Waals surface area contributed by atoms with E-state index in [0.717, 1.165) is 17.7 Å². The summed E-state index contributed by atoms with van der Waals surface area (Å²) in [5, 5.41) is 3.88. The molecule has 7 nitrogen and oxygen atoms in total. The van der Waals surface area contributed by atoms with E-state index in [2.05, 4.69) is 5.32 Å². The molecule has 8 heteroatoms. The van der Waals surface area contributed by atoms with E-state index in [1.807, 2.05) is 31.2 Å². The number of ether oxygens (including phenoxy) is 1. The van der Waals surface area contributed by atoms with Gasteiger partial charge in [-0.15, -0.1) is 11.3 Å². The number of benzene rings is 1. The molecule has 1 fully saturated rings. The van der Waals surface area contributed by atoms with Crippen molar-refractivity contribution in [2.24, 2.45) is 5.92 Å². The van der Waals surface area contributed by atoms with Gasteiger partial charge in [-0.25, -0.2) is 0 Å². The van der Waals surface area contributed by atoms with E-state index in [1.54, 1.807) is 22.4 Å². The topological polar surface area (TPSA) is 92.8 Å². The molecule has 1 N–H and O–H groups in total. The second-order valence-corrected chi connectivity index (χ2v) is 7.34. The van der Waals surface area contributed by atoms with Crippen molar-refractivity contribution in [1.82, 2.24) is 5.32 Å². The zero-order chi connectivity index (χ0) is 20.1. The predicted molar refractivity (Wildman–Crippen MR) is 104 cm³/mol. The Bertz CT molecular complexity index is 877. The number of aryl methyl sites for hydroxylation is 1. The number of carbonyl (C=O) groups is 4. The number of rotatable bonds is 6. The summed E-state index contributed by atoms with van der Waals surface area (Å²) in [7, 11) is 0. The number of amides is 3. The molecule has 0 unspecified atom stereocenters. The van der Waals surface area contributed by atoms with Gasteiger partial charge in [-0.2, -0.15) is 0 Å². The number of imide groups is 1. The average molecular weight is 400 g/mol. The molecule has 0 radical (unpaired) electrons. The summed E-state index contributed by atoms with van der Waals surface area (Å²) < 4.78 is 5.00. The van der Waals surface area contributed by atoms with E-state index < -0.39 is 30.3 Å². The van der Waals surface area contributed by atoms with Crippen molar-refractivity contribution in [3.05, 3.63) is 52.2 Å². The number of anilines is 1. The molecule has 1 aliphatic rings. The summed E-state index contributed by atoms with van der Waals surface area (Å²) in [5.74, 6) is -2.67. The third-order valence-corrected chi connectivity index (χ3v) is 5.33. The first kappa shape index (κ1) is 19.8. The summed E-state index contributed by atoms with van der Waals surface area (Å²) in [4.78, 5) is 50.0. The molecular weight excluding hydrogens is 380 g/mol. The number of carbonyl (C=O) groups excluding carboxylic acids is 4. The minimum Gasteiger partial charge on any atom is -0.455 e. The van der Waals surface area contributed by atoms with Gasteiger partial charge in [0.25, 0.3) is 11.8 Å². The number of nitrogens with zero attached hydrogens (tertiary/aromatic N) is 1. The van der Waals surface area contributed by atoms with Gasteiger partial charge in [0, 0.05) is 18.7 Å². The fourth-order valence-electron chi connectivity index (χ4n) is 2.91. The van der Waals surface area contributed by atoms with Crippen LogP contribution in [0.4, 0.5) is 5.69 Å². The van der Waals surface area contributed by atoms with Crippen LogP contribution in [0.15, 0.2) is 41.8 Å². The Morgan fingerprint density at radius 3 is 2.61 bits per heavy atom. The Labute approximate surface area is 166 Å². The number of nitrogens with one attached hydrogen (secondary N) is 1. The predicted octanol–water partition coefficient (Wildman–Crippen LogP) is 2.16. The summed E-state index contributed by atoms with van der Waals surface area (Å²) in [6.45, 7) is 1.69. The van der Waals surface area contributed by atoms with Crippen molar-refractivity contribution < 1.29 is 23.9 Å². The van der Waals surface area contributed by atoms with Crippen LogP contribution >= 0.6 is 11.3 Å². The first-order valence-corrected chi connectivity index (χ1v) is 9.79. The van der Waals surface area contributed by atoms with Gasteiger partial charge in [-0.3, -0.25) is 24.5 Å². The largest absolute Gasteiger partial charge is 0.455 e. The third-order valence-electron chi connectivity index (χ3n) is 4.46. The molecule has 3 rings (SSSR count). The first-order chi connectivity index (χ1) is 13.5. The number of thiophene rings is 1. The SMILES string of the molecule is CCc1ccc(N2C[C@H](C(=O)OCC(=O)NC(=O)c3cccs3)CC2=O)cc1. The molecular formula is C20H20N2O5S. The lowest BCUT2D eigenvalue weighted by molar-refractivity contribution is -0.152. The van der Waals surface area contributed by atoms with Gasteiger partial charge >= 0.3 is 5.97 Å². The fraction of sp³-hybridized carbons (Fsp3) is 0.300. The van der Waals surface area contributed by atoms with Gasteiger partial charge in [-0.1, -0.05) is 25.1 Å². The van der Waals surface area contributed by atoms with E-state index in [-0.39, 0.29) is 18.9 Å². The number of hydrogen-bond acceptors (Lipinski definition) is 6. The summed E-state index contributed by atoms with van der Waals surface area (Å²) >= 11 is 1.20. The Kier molecular flexibility index (Phi) is 6.20. The molecule has 28 heavy (non-hydrogen) atoms. The van der Waals surface area contributed by atoms with Crippen LogP contribution in [0.1, 0.15) is 28.6 Å². The highest BCUT2D eigenvalue weighted by molar-refractivity contribution is 7.12. The molecule has 1 aromatic carbocycles. The second kappa shape index (κ2) is 8.79. The van der Waals surface area contributed by atoms with Crippen molar-refractivity contribution in [2.75, 3.05) is 18.1 Å². The van der Waals surface area contributed by atoms with E-state index in [0.29, 0.717) is 4.88 Å². The van der Waals surface area contributed by atoms with Crippen LogP contribution in [0.25, 0.3) is 0 Å². The van der Waals surface area contributed by atoms with Crippen LogP contribution in [0.2, 0.25) is 0 Å². The molecule has 3 amide bonds. The molecule has 2 aromatic rings. The van der Waals surface area contributed by atoms with Crippen LogP contribution in [-0.2, 0) is 25.5 Å². The quantitative estimate of drug-likeness (QED) is 0.750. The molecule has 1 aliphatic heterocycles. The summed E-state index contributed by atoms with van der Waals surface area (Å²) in [5.41, 5.74) is 1.89. The standard InChI is InChI=1S/C20H20N2O5S/c1-2-13-5-7-15(8-6-13)22-11-14(10-18(22)24)20(26)27-12-17(23)21-19(25)16-4-3-9-28-16/h3-9,14H,2,10-12H2,1H3,(H,21,23,25)/t14-/m1/s1. The maximum absolute atomic E-state index is 12.3. The van der Waals surface area contributed by atoms with Gasteiger partial charge < -0.3 is 9.64 Å². The highest BCUT2D eigenvalue weighted by Gasteiger charge is 2.36. The van der Waals surface area contributed by atoms with Crippen LogP contribution < -0.4 is 10.2 Å². The maximum atomic E-state index is 12.3. The van der Waals surface area contributed by atoms with Gasteiger partial charge in [0.2, 0.25) is 5.91 Å². The Balaban J connectivity index is 1.50. The normalized spacial score (nSPS) is 16.1. The van der Waals surface area contributed by atoms with Crippen molar-refractivity contribution in [1.29, 1.82) is 0 Å². The molecule has 0 saturated carbocycles. The lowest BCUT2D eigenvalue weighted by Gasteiger charge is -2.17. The first-order valence-electron chi connectivity index (χ1n) is 8.91. The summed E-state index contributed by atoms with van der Waals surface area (Å²) in [6, 6.07) is 10.9. The van der Waals surface area contributed by atoms with Crippen LogP contribution in [0, 0.1) is 5.92 Å². The van der Waals surface area contributed by atoms with E-state index in [4.69, 9.17) is 4.74 Å². The molecule has 0 aliphatic carbocycles. The Hall–Kier alpha value is -3.00. The van der Waals surface area contributed by atoms with E-state index in [9.17, 15) is 19.2 Å². The minimum absolute atomic E-state index is 0.0319. The molecule has 1 atom stereocenters. The van der Waals surface area contributed by atoms with Gasteiger partial charge in [0.05, 0.1) is 10.8 Å². The molecule has 146 valence electrons. The van der Waals surface area contributed by atoms with Crippen LogP contribution in [-0.4, -0.2) is 36.8 Å². The monoisotopic (exact) mass is 400 g/mol. The van der Waals surface area contributed by atoms with Crippen molar-refractivity contribution in [3.8, 4) is 0 Å². The molecule has 0 bridgehead atoms. The Morgan fingerprint density at radius 2 is 1.96 bits per heavy atom.